The van der Waals surface area contributed by atoms with Crippen LogP contribution in [0.25, 0.3) is 5.57 Å². The number of hydrogen-bond acceptors (Lipinski definition) is 2. The zero-order valence-corrected chi connectivity index (χ0v) is 32.5. The van der Waals surface area contributed by atoms with E-state index in [0.29, 0.717) is 0 Å². The third-order valence-corrected chi connectivity index (χ3v) is 12.3. The van der Waals surface area contributed by atoms with Crippen molar-refractivity contribution in [2.45, 2.75) is 11.3 Å². The van der Waals surface area contributed by atoms with E-state index < -0.39 is 5.41 Å². The summed E-state index contributed by atoms with van der Waals surface area (Å²) in [7, 11) is 0. The van der Waals surface area contributed by atoms with E-state index in [1.54, 1.807) is 0 Å². The van der Waals surface area contributed by atoms with E-state index in [1.165, 1.54) is 44.5 Å². The molecule has 0 saturated heterocycles. The molecule has 2 nitrogen and oxygen atoms in total. The Bertz CT molecular complexity index is 2740. The van der Waals surface area contributed by atoms with Crippen molar-refractivity contribution in [3.8, 4) is 0 Å². The number of anilines is 5. The van der Waals surface area contributed by atoms with Crippen LogP contribution in [0.4, 0.5) is 28.4 Å². The van der Waals surface area contributed by atoms with Crippen LogP contribution in [-0.4, -0.2) is 0 Å². The lowest BCUT2D eigenvalue weighted by Crippen LogP contribution is -2.36. The molecule has 8 aromatic carbocycles. The molecule has 0 saturated carbocycles. The van der Waals surface area contributed by atoms with Crippen molar-refractivity contribution in [1.29, 1.82) is 0 Å². The van der Waals surface area contributed by atoms with E-state index in [-0.39, 0.29) is 11.8 Å². The van der Waals surface area contributed by atoms with Gasteiger partial charge in [0.1, 0.15) is 0 Å². The second kappa shape index (κ2) is 14.4. The average molecular weight is 753 g/mol. The topological polar surface area (TPSA) is 6.48 Å². The zero-order valence-electron chi connectivity index (χ0n) is 32.5. The minimum absolute atomic E-state index is 0.0724. The van der Waals surface area contributed by atoms with Gasteiger partial charge in [0.2, 0.25) is 0 Å². The number of nitrogens with zero attached hydrogens (tertiary/aromatic N) is 2. The van der Waals surface area contributed by atoms with E-state index in [9.17, 15) is 0 Å². The fraction of sp³-hybridized carbons (Fsp3) is 0.0526. The lowest BCUT2D eigenvalue weighted by atomic mass is 9.59. The molecule has 2 heteroatoms. The van der Waals surface area contributed by atoms with Crippen molar-refractivity contribution in [2.75, 3.05) is 9.80 Å². The van der Waals surface area contributed by atoms with Crippen molar-refractivity contribution in [2.24, 2.45) is 5.92 Å². The predicted molar refractivity (Wildman–Crippen MR) is 243 cm³/mol. The maximum absolute atomic E-state index is 3.41. The lowest BCUT2D eigenvalue weighted by Gasteiger charge is -2.44. The summed E-state index contributed by atoms with van der Waals surface area (Å²) in [6.07, 6.45) is 7.33. The first kappa shape index (κ1) is 34.6. The van der Waals surface area contributed by atoms with Crippen LogP contribution in [0.1, 0.15) is 39.3 Å². The number of rotatable bonds is 8. The quantitative estimate of drug-likeness (QED) is 0.152. The number of allylic oxidation sites excluding steroid dienone is 4. The second-order valence-corrected chi connectivity index (χ2v) is 15.4. The van der Waals surface area contributed by atoms with Gasteiger partial charge in [-0.3, -0.25) is 0 Å². The Balaban J connectivity index is 1.18. The molecular formula is C57H40N2. The maximum Gasteiger partial charge on any atom is 0.0973 e. The van der Waals surface area contributed by atoms with Crippen LogP contribution in [0.15, 0.2) is 242 Å². The van der Waals surface area contributed by atoms with E-state index in [4.69, 9.17) is 0 Å². The molecule has 278 valence electrons. The number of fused-ring (bicyclic) bond motifs is 7. The molecule has 8 aromatic rings. The van der Waals surface area contributed by atoms with Crippen molar-refractivity contribution in [1.82, 2.24) is 0 Å². The van der Waals surface area contributed by atoms with Crippen LogP contribution >= 0.6 is 0 Å². The predicted octanol–water partition coefficient (Wildman–Crippen LogP) is 13.9. The summed E-state index contributed by atoms with van der Waals surface area (Å²) in [5.41, 5.74) is 16.5. The van der Waals surface area contributed by atoms with Gasteiger partial charge in [-0.05, 0) is 117 Å². The van der Waals surface area contributed by atoms with Gasteiger partial charge < -0.3 is 9.80 Å². The molecular weight excluding hydrogens is 713 g/mol. The number of para-hydroxylation sites is 3. The van der Waals surface area contributed by atoms with E-state index in [0.717, 1.165) is 34.1 Å². The van der Waals surface area contributed by atoms with Gasteiger partial charge in [-0.2, -0.15) is 0 Å². The first-order valence-electron chi connectivity index (χ1n) is 20.4. The molecule has 0 aromatic heterocycles. The summed E-state index contributed by atoms with van der Waals surface area (Å²) in [4.78, 5) is 4.70. The second-order valence-electron chi connectivity index (χ2n) is 15.4. The molecule has 3 aliphatic carbocycles. The van der Waals surface area contributed by atoms with Crippen LogP contribution < -0.4 is 9.80 Å². The minimum Gasteiger partial charge on any atom is -0.310 e. The first-order chi connectivity index (χ1) is 29.3. The van der Waals surface area contributed by atoms with Gasteiger partial charge in [0, 0.05) is 40.3 Å². The fourth-order valence-corrected chi connectivity index (χ4v) is 10.0. The molecule has 0 spiro atoms. The highest BCUT2D eigenvalue weighted by molar-refractivity contribution is 5.98. The van der Waals surface area contributed by atoms with E-state index >= 15 is 0 Å². The monoisotopic (exact) mass is 752 g/mol. The third-order valence-electron chi connectivity index (χ3n) is 12.3. The average Bonchev–Trinajstić information content (AvgIpc) is 3.63. The Morgan fingerprint density at radius 1 is 0.458 bits per heavy atom. The SMILES string of the molecule is c1cccc(N(C2=CC3c4ccccc4C4=C(C3C=C2)C(c2ccccc2)(c2ccccc2)c2cc(N(c3ccccc3)c3ccccc3)ccc24)c2ccccc2)c#1. The van der Waals surface area contributed by atoms with Crippen LogP contribution in [0.5, 0.6) is 0 Å². The van der Waals surface area contributed by atoms with Gasteiger partial charge in [0.15, 0.2) is 0 Å². The molecule has 11 rings (SSSR count). The van der Waals surface area contributed by atoms with Crippen molar-refractivity contribution >= 4 is 34.0 Å². The van der Waals surface area contributed by atoms with Gasteiger partial charge >= 0.3 is 0 Å². The summed E-state index contributed by atoms with van der Waals surface area (Å²) in [5.74, 6) is 0.151. The number of benzene rings is 7. The summed E-state index contributed by atoms with van der Waals surface area (Å²) in [6, 6.07) is 83.6. The van der Waals surface area contributed by atoms with Gasteiger partial charge in [0.05, 0.1) is 11.1 Å². The summed E-state index contributed by atoms with van der Waals surface area (Å²) in [5, 5.41) is 0. The Hall–Kier alpha value is -7.60. The Labute approximate surface area is 347 Å². The standard InChI is InChI=1S/C57H40N2/c1-7-21-41(22-8-1)57(42-23-9-2-10-24-42)54-40-48(59(45-29-15-5-16-30-45)46-31-17-6-18-32-46)36-38-52(54)55-50-34-20-19-33-49(50)53-39-47(35-37-51(53)56(55)57)58(43-25-11-3-12-26-43)44-27-13-4-14-28-44/h1-13,15-27,29-40,51,53H. The zero-order chi connectivity index (χ0) is 39.2. The van der Waals surface area contributed by atoms with E-state index in [2.05, 4.69) is 240 Å². The molecule has 0 fully saturated rings. The molecule has 0 N–H and O–H groups in total. The molecule has 59 heavy (non-hydrogen) atoms. The largest absolute Gasteiger partial charge is 0.310 e. The van der Waals surface area contributed by atoms with Crippen LogP contribution in [0.3, 0.4) is 0 Å². The normalized spacial score (nSPS) is 16.8. The first-order valence-corrected chi connectivity index (χ1v) is 20.4. The molecule has 2 atom stereocenters. The molecule has 0 radical (unpaired) electrons. The van der Waals surface area contributed by atoms with Crippen LogP contribution in [0.2, 0.25) is 0 Å². The molecule has 3 aliphatic rings. The summed E-state index contributed by atoms with van der Waals surface area (Å²) < 4.78 is 0. The minimum atomic E-state index is -0.588. The fourth-order valence-electron chi connectivity index (χ4n) is 10.0. The van der Waals surface area contributed by atoms with Gasteiger partial charge in [-0.15, -0.1) is 0 Å². The summed E-state index contributed by atoms with van der Waals surface area (Å²) in [6.45, 7) is 0. The Morgan fingerprint density at radius 2 is 1.02 bits per heavy atom. The van der Waals surface area contributed by atoms with Crippen LogP contribution in [0, 0.1) is 18.1 Å². The van der Waals surface area contributed by atoms with Gasteiger partial charge in [-0.1, -0.05) is 170 Å². The molecule has 0 heterocycles. The highest BCUT2D eigenvalue weighted by Crippen LogP contribution is 2.64. The Kier molecular flexibility index (Phi) is 8.46. The molecule has 0 aliphatic heterocycles. The lowest BCUT2D eigenvalue weighted by molar-refractivity contribution is 0.566. The maximum atomic E-state index is 3.41. The van der Waals surface area contributed by atoms with Crippen LogP contribution in [-0.2, 0) is 5.41 Å². The molecule has 0 bridgehead atoms. The van der Waals surface area contributed by atoms with Gasteiger partial charge in [-0.25, -0.2) is 0 Å². The van der Waals surface area contributed by atoms with Crippen molar-refractivity contribution < 1.29 is 0 Å². The Morgan fingerprint density at radius 3 is 1.61 bits per heavy atom. The van der Waals surface area contributed by atoms with E-state index in [1.807, 2.05) is 12.1 Å². The molecule has 2 unspecified atom stereocenters. The van der Waals surface area contributed by atoms with Crippen molar-refractivity contribution in [3.05, 3.63) is 287 Å². The molecule has 0 amide bonds. The highest BCUT2D eigenvalue weighted by atomic mass is 15.1. The van der Waals surface area contributed by atoms with Gasteiger partial charge in [0.25, 0.3) is 0 Å². The van der Waals surface area contributed by atoms with Crippen molar-refractivity contribution in [3.63, 3.8) is 0 Å². The number of hydrogen-bond donors (Lipinski definition) is 0. The summed E-state index contributed by atoms with van der Waals surface area (Å²) >= 11 is 0. The smallest absolute Gasteiger partial charge is 0.0973 e. The third kappa shape index (κ3) is 5.58. The highest BCUT2D eigenvalue weighted by Gasteiger charge is 2.54.